The summed E-state index contributed by atoms with van der Waals surface area (Å²) in [6, 6.07) is 6.92. The van der Waals surface area contributed by atoms with Crippen LogP contribution in [-0.4, -0.2) is 5.91 Å². The average molecular weight is 311 g/mol. The smallest absolute Gasteiger partial charge is 0.244 e. The quantitative estimate of drug-likeness (QED) is 0.907. The van der Waals surface area contributed by atoms with Gasteiger partial charge in [-0.1, -0.05) is 11.6 Å². The number of anilines is 1. The molecule has 0 saturated heterocycles. The van der Waals surface area contributed by atoms with Gasteiger partial charge in [0.1, 0.15) is 17.7 Å². The Bertz CT molecular complexity index is 651. The van der Waals surface area contributed by atoms with E-state index in [1.165, 1.54) is 18.2 Å². The van der Waals surface area contributed by atoms with Gasteiger partial charge in [-0.2, -0.15) is 0 Å². The van der Waals surface area contributed by atoms with E-state index in [0.29, 0.717) is 11.3 Å². The molecule has 0 aliphatic carbocycles. The van der Waals surface area contributed by atoms with Gasteiger partial charge in [-0.3, -0.25) is 4.79 Å². The molecule has 3 N–H and O–H groups in total. The molecule has 0 aliphatic heterocycles. The topological polar surface area (TPSA) is 55.1 Å². The SMILES string of the molecule is Cc1cc(F)cc(NC(C(N)=O)c2cc(F)cc(Cl)c2)c1. The minimum atomic E-state index is -1.01. The molecule has 0 fully saturated rings. The maximum Gasteiger partial charge on any atom is 0.244 e. The molecule has 1 amide bonds. The summed E-state index contributed by atoms with van der Waals surface area (Å²) in [4.78, 5) is 11.6. The van der Waals surface area contributed by atoms with Crippen LogP contribution in [0, 0.1) is 18.6 Å². The Balaban J connectivity index is 2.37. The lowest BCUT2D eigenvalue weighted by Crippen LogP contribution is -2.27. The molecule has 1 atom stereocenters. The van der Waals surface area contributed by atoms with Crippen LogP contribution in [0.25, 0.3) is 0 Å². The van der Waals surface area contributed by atoms with Crippen LogP contribution in [0.1, 0.15) is 17.2 Å². The van der Waals surface area contributed by atoms with Gasteiger partial charge in [0.25, 0.3) is 0 Å². The van der Waals surface area contributed by atoms with Crippen LogP contribution in [0.3, 0.4) is 0 Å². The van der Waals surface area contributed by atoms with Gasteiger partial charge in [0.05, 0.1) is 0 Å². The molecular weight excluding hydrogens is 298 g/mol. The zero-order valence-electron chi connectivity index (χ0n) is 11.2. The van der Waals surface area contributed by atoms with Crippen LogP contribution in [-0.2, 0) is 4.79 Å². The Kier molecular flexibility index (Phi) is 4.43. The number of primary amides is 1. The maximum absolute atomic E-state index is 13.4. The van der Waals surface area contributed by atoms with Gasteiger partial charge in [0, 0.05) is 10.7 Å². The number of benzene rings is 2. The molecule has 0 radical (unpaired) electrons. The fraction of sp³-hybridized carbons (Fsp3) is 0.133. The van der Waals surface area contributed by atoms with Crippen molar-refractivity contribution >= 4 is 23.2 Å². The minimum Gasteiger partial charge on any atom is -0.370 e. The number of nitrogens with two attached hydrogens (primary N) is 1. The summed E-state index contributed by atoms with van der Waals surface area (Å²) in [6.45, 7) is 1.71. The second-order valence-electron chi connectivity index (χ2n) is 4.70. The van der Waals surface area contributed by atoms with E-state index in [-0.39, 0.29) is 10.6 Å². The molecule has 0 spiro atoms. The summed E-state index contributed by atoms with van der Waals surface area (Å²) >= 11 is 5.77. The molecule has 110 valence electrons. The summed E-state index contributed by atoms with van der Waals surface area (Å²) in [7, 11) is 0. The molecule has 2 aromatic carbocycles. The third-order valence-electron chi connectivity index (χ3n) is 2.86. The summed E-state index contributed by atoms with van der Waals surface area (Å²) < 4.78 is 26.8. The van der Waals surface area contributed by atoms with Crippen LogP contribution in [0.5, 0.6) is 0 Å². The monoisotopic (exact) mass is 310 g/mol. The van der Waals surface area contributed by atoms with E-state index in [1.807, 2.05) is 0 Å². The second kappa shape index (κ2) is 6.10. The second-order valence-corrected chi connectivity index (χ2v) is 5.14. The molecule has 0 aromatic heterocycles. The van der Waals surface area contributed by atoms with Gasteiger partial charge >= 0.3 is 0 Å². The fourth-order valence-corrected chi connectivity index (χ4v) is 2.28. The van der Waals surface area contributed by atoms with Crippen LogP contribution in [0.2, 0.25) is 5.02 Å². The number of carbonyl (C=O) groups is 1. The van der Waals surface area contributed by atoms with Crippen molar-refractivity contribution < 1.29 is 13.6 Å². The maximum atomic E-state index is 13.4. The van der Waals surface area contributed by atoms with Gasteiger partial charge in [-0.05, 0) is 54.4 Å². The molecule has 0 heterocycles. The molecular formula is C15H13ClF2N2O. The van der Waals surface area contributed by atoms with Crippen molar-refractivity contribution in [3.05, 3.63) is 64.2 Å². The Hall–Kier alpha value is -2.14. The van der Waals surface area contributed by atoms with E-state index in [4.69, 9.17) is 17.3 Å². The zero-order chi connectivity index (χ0) is 15.6. The molecule has 2 rings (SSSR count). The normalized spacial score (nSPS) is 12.0. The van der Waals surface area contributed by atoms with E-state index in [2.05, 4.69) is 5.32 Å². The molecule has 1 unspecified atom stereocenters. The third-order valence-corrected chi connectivity index (χ3v) is 3.07. The Morgan fingerprint density at radius 1 is 1.14 bits per heavy atom. The van der Waals surface area contributed by atoms with Gasteiger partial charge < -0.3 is 11.1 Å². The van der Waals surface area contributed by atoms with Gasteiger partial charge in [0.15, 0.2) is 0 Å². The first kappa shape index (κ1) is 15.3. The largest absolute Gasteiger partial charge is 0.370 e. The first-order valence-corrected chi connectivity index (χ1v) is 6.52. The zero-order valence-corrected chi connectivity index (χ0v) is 11.9. The third kappa shape index (κ3) is 3.92. The average Bonchev–Trinajstić information content (AvgIpc) is 2.33. The van der Waals surface area contributed by atoms with Crippen LogP contribution in [0.4, 0.5) is 14.5 Å². The molecule has 0 bridgehead atoms. The Morgan fingerprint density at radius 2 is 1.81 bits per heavy atom. The summed E-state index contributed by atoms with van der Waals surface area (Å²) in [5.74, 6) is -1.75. The first-order valence-electron chi connectivity index (χ1n) is 6.14. The molecule has 0 saturated carbocycles. The molecule has 2 aromatic rings. The Morgan fingerprint density at radius 3 is 2.38 bits per heavy atom. The van der Waals surface area contributed by atoms with Crippen molar-refractivity contribution in [3.63, 3.8) is 0 Å². The predicted molar refractivity (Wildman–Crippen MR) is 78.1 cm³/mol. The highest BCUT2D eigenvalue weighted by atomic mass is 35.5. The number of amides is 1. The van der Waals surface area contributed by atoms with Crippen LogP contribution < -0.4 is 11.1 Å². The highest BCUT2D eigenvalue weighted by Crippen LogP contribution is 2.24. The number of aryl methyl sites for hydroxylation is 1. The van der Waals surface area contributed by atoms with E-state index in [1.54, 1.807) is 13.0 Å². The molecule has 6 heteroatoms. The lowest BCUT2D eigenvalue weighted by atomic mass is 10.1. The van der Waals surface area contributed by atoms with Crippen molar-refractivity contribution in [2.45, 2.75) is 13.0 Å². The van der Waals surface area contributed by atoms with Crippen molar-refractivity contribution in [1.82, 2.24) is 0 Å². The lowest BCUT2D eigenvalue weighted by Gasteiger charge is -2.18. The number of carbonyl (C=O) groups excluding carboxylic acids is 1. The standard InChI is InChI=1S/C15H13ClF2N2O/c1-8-2-11(17)7-13(3-8)20-14(15(19)21)9-4-10(16)6-12(18)5-9/h2-7,14,20H,1H3,(H2,19,21). The summed E-state index contributed by atoms with van der Waals surface area (Å²) in [5.41, 5.74) is 6.66. The number of halogens is 3. The fourth-order valence-electron chi connectivity index (χ4n) is 2.05. The van der Waals surface area contributed by atoms with Gasteiger partial charge in [-0.25, -0.2) is 8.78 Å². The van der Waals surface area contributed by atoms with Gasteiger partial charge in [-0.15, -0.1) is 0 Å². The van der Waals surface area contributed by atoms with Crippen LogP contribution >= 0.6 is 11.6 Å². The van der Waals surface area contributed by atoms with E-state index in [0.717, 1.165) is 12.1 Å². The molecule has 0 aliphatic rings. The predicted octanol–water partition coefficient (Wildman–Crippen LogP) is 3.57. The number of rotatable bonds is 4. The summed E-state index contributed by atoms with van der Waals surface area (Å²) in [5, 5.41) is 2.94. The highest BCUT2D eigenvalue weighted by molar-refractivity contribution is 6.30. The minimum absolute atomic E-state index is 0.147. The van der Waals surface area contributed by atoms with Crippen molar-refractivity contribution in [2.24, 2.45) is 5.73 Å². The highest BCUT2D eigenvalue weighted by Gasteiger charge is 2.19. The summed E-state index contributed by atoms with van der Waals surface area (Å²) in [6.07, 6.45) is 0. The number of hydrogen-bond donors (Lipinski definition) is 2. The van der Waals surface area contributed by atoms with E-state index < -0.39 is 23.6 Å². The van der Waals surface area contributed by atoms with E-state index in [9.17, 15) is 13.6 Å². The van der Waals surface area contributed by atoms with Crippen molar-refractivity contribution in [2.75, 3.05) is 5.32 Å². The molecule has 3 nitrogen and oxygen atoms in total. The van der Waals surface area contributed by atoms with E-state index >= 15 is 0 Å². The van der Waals surface area contributed by atoms with Crippen molar-refractivity contribution in [1.29, 1.82) is 0 Å². The number of hydrogen-bond acceptors (Lipinski definition) is 2. The van der Waals surface area contributed by atoms with Crippen LogP contribution in [0.15, 0.2) is 36.4 Å². The van der Waals surface area contributed by atoms with Crippen molar-refractivity contribution in [3.8, 4) is 0 Å². The van der Waals surface area contributed by atoms with Gasteiger partial charge in [0.2, 0.25) is 5.91 Å². The first-order chi connectivity index (χ1) is 9.85. The lowest BCUT2D eigenvalue weighted by molar-refractivity contribution is -0.118. The number of nitrogens with one attached hydrogen (secondary N) is 1. The Labute approximate surface area is 125 Å². The molecule has 21 heavy (non-hydrogen) atoms.